The van der Waals surface area contributed by atoms with Crippen LogP contribution in [0.4, 0.5) is 4.79 Å². The summed E-state index contributed by atoms with van der Waals surface area (Å²) in [6, 6.07) is -0.424. The summed E-state index contributed by atoms with van der Waals surface area (Å²) in [6.45, 7) is 2.48. The Morgan fingerprint density at radius 3 is 2.74 bits per heavy atom. The summed E-state index contributed by atoms with van der Waals surface area (Å²) in [5, 5.41) is 8.95. The second-order valence-corrected chi connectivity index (χ2v) is 6.96. The first-order valence-electron chi connectivity index (χ1n) is 8.72. The molecule has 0 aromatic heterocycles. The molecule has 1 atom stereocenters. The summed E-state index contributed by atoms with van der Waals surface area (Å²) in [6.07, 6.45) is 6.44. The number of urea groups is 1. The van der Waals surface area contributed by atoms with Gasteiger partial charge in [-0.3, -0.25) is 14.5 Å². The molecule has 2 heterocycles. The smallest absolute Gasteiger partial charge is 0.325 e. The number of nitrogens with one attached hydrogen (secondary N) is 3. The van der Waals surface area contributed by atoms with E-state index in [1.165, 1.54) is 0 Å². The number of carbonyl (C=O) groups is 3. The molecule has 0 aromatic carbocycles. The Morgan fingerprint density at radius 1 is 1.26 bits per heavy atom. The molecular formula is C16H26N4O3. The SMILES string of the molecule is O=C(CN1C(=O)NC2(CCCCC2)C1=O)NCCC1CCNC1. The summed E-state index contributed by atoms with van der Waals surface area (Å²) in [4.78, 5) is 37.8. The Bertz CT molecular complexity index is 482. The highest BCUT2D eigenvalue weighted by molar-refractivity contribution is 6.09. The molecule has 2 saturated heterocycles. The van der Waals surface area contributed by atoms with E-state index in [2.05, 4.69) is 16.0 Å². The third-order valence-electron chi connectivity index (χ3n) is 5.29. The van der Waals surface area contributed by atoms with Gasteiger partial charge in [-0.15, -0.1) is 0 Å². The van der Waals surface area contributed by atoms with Gasteiger partial charge in [0.25, 0.3) is 5.91 Å². The third-order valence-corrected chi connectivity index (χ3v) is 5.29. The van der Waals surface area contributed by atoms with E-state index >= 15 is 0 Å². The topological polar surface area (TPSA) is 90.5 Å². The molecular weight excluding hydrogens is 296 g/mol. The van der Waals surface area contributed by atoms with Crippen molar-refractivity contribution >= 4 is 17.8 Å². The van der Waals surface area contributed by atoms with E-state index in [1.54, 1.807) is 0 Å². The lowest BCUT2D eigenvalue weighted by molar-refractivity contribution is -0.135. The zero-order chi connectivity index (χ0) is 16.3. The number of hydrogen-bond acceptors (Lipinski definition) is 4. The second-order valence-electron chi connectivity index (χ2n) is 6.96. The Balaban J connectivity index is 1.47. The number of amides is 4. The molecule has 1 saturated carbocycles. The van der Waals surface area contributed by atoms with Gasteiger partial charge in [-0.2, -0.15) is 0 Å². The van der Waals surface area contributed by atoms with Crippen LogP contribution in [0.3, 0.4) is 0 Å². The zero-order valence-electron chi connectivity index (χ0n) is 13.5. The van der Waals surface area contributed by atoms with E-state index < -0.39 is 11.6 Å². The van der Waals surface area contributed by atoms with E-state index in [4.69, 9.17) is 0 Å². The molecule has 7 nitrogen and oxygen atoms in total. The molecule has 0 aromatic rings. The van der Waals surface area contributed by atoms with Crippen LogP contribution in [0.1, 0.15) is 44.9 Å². The van der Waals surface area contributed by atoms with Crippen molar-refractivity contribution in [2.24, 2.45) is 5.92 Å². The molecule has 1 aliphatic carbocycles. The average molecular weight is 322 g/mol. The third kappa shape index (κ3) is 3.49. The van der Waals surface area contributed by atoms with Gasteiger partial charge in [-0.1, -0.05) is 19.3 Å². The molecule has 3 aliphatic rings. The molecule has 2 aliphatic heterocycles. The maximum absolute atomic E-state index is 12.6. The van der Waals surface area contributed by atoms with Gasteiger partial charge in [0.2, 0.25) is 5.91 Å². The fourth-order valence-corrected chi connectivity index (χ4v) is 3.89. The van der Waals surface area contributed by atoms with Crippen molar-refractivity contribution in [2.75, 3.05) is 26.2 Å². The molecule has 0 radical (unpaired) electrons. The van der Waals surface area contributed by atoms with Crippen LogP contribution in [0.25, 0.3) is 0 Å². The molecule has 0 bridgehead atoms. The first kappa shape index (κ1) is 16.2. The summed E-state index contributed by atoms with van der Waals surface area (Å²) >= 11 is 0. The number of rotatable bonds is 5. The summed E-state index contributed by atoms with van der Waals surface area (Å²) in [7, 11) is 0. The second kappa shape index (κ2) is 6.86. The van der Waals surface area contributed by atoms with Crippen molar-refractivity contribution in [3.05, 3.63) is 0 Å². The Morgan fingerprint density at radius 2 is 2.04 bits per heavy atom. The number of hydrogen-bond donors (Lipinski definition) is 3. The highest BCUT2D eigenvalue weighted by atomic mass is 16.2. The maximum atomic E-state index is 12.6. The zero-order valence-corrected chi connectivity index (χ0v) is 13.5. The van der Waals surface area contributed by atoms with Crippen LogP contribution in [0.5, 0.6) is 0 Å². The van der Waals surface area contributed by atoms with Crippen LogP contribution in [0.15, 0.2) is 0 Å². The highest BCUT2D eigenvalue weighted by Gasteiger charge is 2.51. The van der Waals surface area contributed by atoms with Crippen LogP contribution in [-0.4, -0.2) is 54.5 Å². The van der Waals surface area contributed by atoms with Crippen molar-refractivity contribution in [1.82, 2.24) is 20.9 Å². The first-order chi connectivity index (χ1) is 11.1. The van der Waals surface area contributed by atoms with Crippen LogP contribution >= 0.6 is 0 Å². The highest BCUT2D eigenvalue weighted by Crippen LogP contribution is 2.33. The van der Waals surface area contributed by atoms with E-state index in [0.717, 1.165) is 50.1 Å². The van der Waals surface area contributed by atoms with Crippen molar-refractivity contribution in [2.45, 2.75) is 50.5 Å². The largest absolute Gasteiger partial charge is 0.355 e. The quantitative estimate of drug-likeness (QED) is 0.637. The van der Waals surface area contributed by atoms with Gasteiger partial charge in [-0.25, -0.2) is 4.79 Å². The maximum Gasteiger partial charge on any atom is 0.325 e. The van der Waals surface area contributed by atoms with Crippen molar-refractivity contribution < 1.29 is 14.4 Å². The Kier molecular flexibility index (Phi) is 4.84. The van der Waals surface area contributed by atoms with Crippen molar-refractivity contribution in [1.29, 1.82) is 0 Å². The molecule has 3 N–H and O–H groups in total. The van der Waals surface area contributed by atoms with E-state index in [0.29, 0.717) is 25.3 Å². The lowest BCUT2D eigenvalue weighted by Crippen LogP contribution is -2.49. The normalized spacial score (nSPS) is 26.6. The van der Waals surface area contributed by atoms with Gasteiger partial charge >= 0.3 is 6.03 Å². The van der Waals surface area contributed by atoms with Crippen LogP contribution in [0.2, 0.25) is 0 Å². The number of imide groups is 1. The van der Waals surface area contributed by atoms with Gasteiger partial charge in [0.05, 0.1) is 0 Å². The predicted octanol–water partition coefficient (Wildman–Crippen LogP) is 0.357. The van der Waals surface area contributed by atoms with Crippen molar-refractivity contribution in [3.63, 3.8) is 0 Å². The van der Waals surface area contributed by atoms with E-state index in [1.807, 2.05) is 0 Å². The van der Waals surface area contributed by atoms with Gasteiger partial charge in [0.15, 0.2) is 0 Å². The van der Waals surface area contributed by atoms with Crippen LogP contribution in [-0.2, 0) is 9.59 Å². The molecule has 7 heteroatoms. The Labute approximate surface area is 136 Å². The van der Waals surface area contributed by atoms with Crippen LogP contribution in [0, 0.1) is 5.92 Å². The van der Waals surface area contributed by atoms with Gasteiger partial charge in [0.1, 0.15) is 12.1 Å². The lowest BCUT2D eigenvalue weighted by atomic mass is 9.82. The molecule has 1 spiro atoms. The van der Waals surface area contributed by atoms with E-state index in [-0.39, 0.29) is 18.4 Å². The van der Waals surface area contributed by atoms with Gasteiger partial charge in [0, 0.05) is 6.54 Å². The minimum absolute atomic E-state index is 0.171. The summed E-state index contributed by atoms with van der Waals surface area (Å²) < 4.78 is 0. The average Bonchev–Trinajstić information content (AvgIpc) is 3.12. The van der Waals surface area contributed by atoms with Gasteiger partial charge in [-0.05, 0) is 44.7 Å². The number of nitrogens with zero attached hydrogens (tertiary/aromatic N) is 1. The fraction of sp³-hybridized carbons (Fsp3) is 0.812. The molecule has 128 valence electrons. The molecule has 3 rings (SSSR count). The first-order valence-corrected chi connectivity index (χ1v) is 8.72. The number of carbonyl (C=O) groups excluding carboxylic acids is 3. The fourth-order valence-electron chi connectivity index (χ4n) is 3.89. The molecule has 1 unspecified atom stereocenters. The van der Waals surface area contributed by atoms with Crippen molar-refractivity contribution in [3.8, 4) is 0 Å². The standard InChI is InChI=1S/C16H26N4O3/c21-13(18-9-5-12-4-8-17-10-12)11-20-14(22)16(19-15(20)23)6-2-1-3-7-16/h12,17H,1-11H2,(H,18,21)(H,19,23). The lowest BCUT2D eigenvalue weighted by Gasteiger charge is -2.30. The minimum atomic E-state index is -0.745. The monoisotopic (exact) mass is 322 g/mol. The summed E-state index contributed by atoms with van der Waals surface area (Å²) in [5.41, 5.74) is -0.745. The minimum Gasteiger partial charge on any atom is -0.355 e. The molecule has 23 heavy (non-hydrogen) atoms. The van der Waals surface area contributed by atoms with E-state index in [9.17, 15) is 14.4 Å². The van der Waals surface area contributed by atoms with Crippen LogP contribution < -0.4 is 16.0 Å². The van der Waals surface area contributed by atoms with Gasteiger partial charge < -0.3 is 16.0 Å². The predicted molar refractivity (Wildman–Crippen MR) is 84.7 cm³/mol. The molecule has 3 fully saturated rings. The summed E-state index contributed by atoms with van der Waals surface area (Å²) in [5.74, 6) is 0.127. The Hall–Kier alpha value is -1.63. The molecule has 4 amide bonds.